The number of para-hydroxylation sites is 1. The van der Waals surface area contributed by atoms with Crippen LogP contribution in [0.25, 0.3) is 0 Å². The van der Waals surface area contributed by atoms with Crippen LogP contribution in [0.1, 0.15) is 28.7 Å². The van der Waals surface area contributed by atoms with E-state index in [4.69, 9.17) is 0 Å². The molecule has 2 heterocycles. The average molecular weight is 292 g/mol. The van der Waals surface area contributed by atoms with Crippen LogP contribution in [0.5, 0.6) is 0 Å². The van der Waals surface area contributed by atoms with Crippen molar-refractivity contribution in [2.24, 2.45) is 0 Å². The highest BCUT2D eigenvalue weighted by Gasteiger charge is 2.35. The summed E-state index contributed by atoms with van der Waals surface area (Å²) in [6, 6.07) is 14.2. The minimum absolute atomic E-state index is 0.662. The molecule has 0 aliphatic carbocycles. The van der Waals surface area contributed by atoms with E-state index in [1.807, 2.05) is 0 Å². The molecule has 2 aromatic rings. The molecule has 0 bridgehead atoms. The first-order valence-corrected chi connectivity index (χ1v) is 8.31. The predicted octanol–water partition coefficient (Wildman–Crippen LogP) is 4.21. The van der Waals surface area contributed by atoms with Crippen LogP contribution >= 0.6 is 0 Å². The van der Waals surface area contributed by atoms with Crippen LogP contribution in [0.3, 0.4) is 0 Å². The SMILES string of the molecule is Cc1cc(C)c(N2C[C@@H]3CCc4ccccc4N3C2)c(C)c1. The number of nitrogens with zero attached hydrogens (tertiary/aromatic N) is 2. The number of hydrogen-bond donors (Lipinski definition) is 0. The van der Waals surface area contributed by atoms with Crippen molar-refractivity contribution < 1.29 is 0 Å². The van der Waals surface area contributed by atoms with Crippen LogP contribution in [0.15, 0.2) is 36.4 Å². The van der Waals surface area contributed by atoms with Crippen LogP contribution in [-0.4, -0.2) is 19.3 Å². The van der Waals surface area contributed by atoms with Gasteiger partial charge in [0.05, 0.1) is 6.67 Å². The Hall–Kier alpha value is -1.96. The number of aryl methyl sites for hydroxylation is 4. The molecule has 1 fully saturated rings. The maximum atomic E-state index is 2.61. The third-order valence-electron chi connectivity index (χ3n) is 5.19. The summed E-state index contributed by atoms with van der Waals surface area (Å²) in [5, 5.41) is 0. The summed E-state index contributed by atoms with van der Waals surface area (Å²) in [6.07, 6.45) is 2.49. The molecule has 2 aliphatic heterocycles. The van der Waals surface area contributed by atoms with Crippen molar-refractivity contribution in [2.75, 3.05) is 23.0 Å². The number of anilines is 2. The lowest BCUT2D eigenvalue weighted by Gasteiger charge is -2.32. The summed E-state index contributed by atoms with van der Waals surface area (Å²) in [5.74, 6) is 0. The van der Waals surface area contributed by atoms with Gasteiger partial charge in [-0.25, -0.2) is 0 Å². The lowest BCUT2D eigenvalue weighted by atomic mass is 9.97. The number of hydrogen-bond acceptors (Lipinski definition) is 2. The van der Waals surface area contributed by atoms with E-state index in [0.29, 0.717) is 6.04 Å². The molecule has 22 heavy (non-hydrogen) atoms. The van der Waals surface area contributed by atoms with Gasteiger partial charge in [-0.2, -0.15) is 0 Å². The van der Waals surface area contributed by atoms with Gasteiger partial charge in [0.2, 0.25) is 0 Å². The topological polar surface area (TPSA) is 6.48 Å². The minimum atomic E-state index is 0.662. The van der Waals surface area contributed by atoms with Crippen molar-refractivity contribution >= 4 is 11.4 Å². The van der Waals surface area contributed by atoms with E-state index < -0.39 is 0 Å². The Morgan fingerprint density at radius 2 is 1.73 bits per heavy atom. The van der Waals surface area contributed by atoms with Crippen molar-refractivity contribution in [1.29, 1.82) is 0 Å². The van der Waals surface area contributed by atoms with Crippen LogP contribution in [0.4, 0.5) is 11.4 Å². The molecule has 0 aromatic heterocycles. The Morgan fingerprint density at radius 3 is 2.50 bits per heavy atom. The molecule has 0 N–H and O–H groups in total. The van der Waals surface area contributed by atoms with Crippen molar-refractivity contribution in [3.63, 3.8) is 0 Å². The van der Waals surface area contributed by atoms with Gasteiger partial charge in [-0.1, -0.05) is 35.9 Å². The minimum Gasteiger partial charge on any atom is -0.351 e. The molecule has 2 heteroatoms. The normalized spacial score (nSPS) is 20.0. The standard InChI is InChI=1S/C20H24N2/c1-14-10-15(2)20(16(3)11-14)21-12-18-9-8-17-6-4-5-7-19(17)22(18)13-21/h4-7,10-11,18H,8-9,12-13H2,1-3H3/t18-/m0/s1. The quantitative estimate of drug-likeness (QED) is 0.777. The van der Waals surface area contributed by atoms with Gasteiger partial charge in [0.15, 0.2) is 0 Å². The monoisotopic (exact) mass is 292 g/mol. The zero-order valence-electron chi connectivity index (χ0n) is 13.8. The van der Waals surface area contributed by atoms with Crippen LogP contribution in [0, 0.1) is 20.8 Å². The lowest BCUT2D eigenvalue weighted by molar-refractivity contribution is 0.612. The van der Waals surface area contributed by atoms with Gasteiger partial charge >= 0.3 is 0 Å². The number of fused-ring (bicyclic) bond motifs is 3. The van der Waals surface area contributed by atoms with Crippen LogP contribution in [-0.2, 0) is 6.42 Å². The fourth-order valence-corrected chi connectivity index (χ4v) is 4.39. The molecule has 1 atom stereocenters. The molecule has 0 spiro atoms. The number of rotatable bonds is 1. The second kappa shape index (κ2) is 5.05. The summed E-state index contributed by atoms with van der Waals surface area (Å²) in [6.45, 7) is 8.86. The lowest BCUT2D eigenvalue weighted by Crippen LogP contribution is -2.35. The molecule has 2 nitrogen and oxygen atoms in total. The molecule has 0 amide bonds. The van der Waals surface area contributed by atoms with Gasteiger partial charge in [0.1, 0.15) is 0 Å². The first-order chi connectivity index (χ1) is 10.6. The summed E-state index contributed by atoms with van der Waals surface area (Å²) in [5.41, 5.74) is 8.58. The Morgan fingerprint density at radius 1 is 1.00 bits per heavy atom. The van der Waals surface area contributed by atoms with E-state index in [1.165, 1.54) is 46.5 Å². The highest BCUT2D eigenvalue weighted by Crippen LogP contribution is 2.37. The van der Waals surface area contributed by atoms with Crippen molar-refractivity contribution in [3.05, 3.63) is 58.7 Å². The first kappa shape index (κ1) is 13.7. The molecule has 2 aromatic carbocycles. The third kappa shape index (κ3) is 2.09. The maximum absolute atomic E-state index is 2.61. The third-order valence-corrected chi connectivity index (χ3v) is 5.19. The predicted molar refractivity (Wildman–Crippen MR) is 93.9 cm³/mol. The van der Waals surface area contributed by atoms with Crippen molar-refractivity contribution in [3.8, 4) is 0 Å². The van der Waals surface area contributed by atoms with Gasteiger partial charge in [-0.05, 0) is 56.4 Å². The summed E-state index contributed by atoms with van der Waals surface area (Å²) < 4.78 is 0. The van der Waals surface area contributed by atoms with E-state index >= 15 is 0 Å². The Labute approximate surface area is 133 Å². The maximum Gasteiger partial charge on any atom is 0.0907 e. The van der Waals surface area contributed by atoms with Gasteiger partial charge in [0, 0.05) is 24.0 Å². The molecule has 0 unspecified atom stereocenters. The van der Waals surface area contributed by atoms with E-state index in [2.05, 4.69) is 67.0 Å². The Balaban J connectivity index is 1.69. The highest BCUT2D eigenvalue weighted by molar-refractivity contribution is 5.65. The van der Waals surface area contributed by atoms with Gasteiger partial charge < -0.3 is 9.80 Å². The van der Waals surface area contributed by atoms with Crippen molar-refractivity contribution in [1.82, 2.24) is 0 Å². The molecule has 0 radical (unpaired) electrons. The molecule has 114 valence electrons. The van der Waals surface area contributed by atoms with Crippen molar-refractivity contribution in [2.45, 2.75) is 39.7 Å². The zero-order chi connectivity index (χ0) is 15.3. The van der Waals surface area contributed by atoms with Gasteiger partial charge in [-0.15, -0.1) is 0 Å². The number of benzene rings is 2. The Kier molecular flexibility index (Phi) is 3.14. The fourth-order valence-electron chi connectivity index (χ4n) is 4.39. The highest BCUT2D eigenvalue weighted by atomic mass is 15.4. The van der Waals surface area contributed by atoms with Gasteiger partial charge in [-0.3, -0.25) is 0 Å². The molecular weight excluding hydrogens is 268 g/mol. The largest absolute Gasteiger partial charge is 0.351 e. The second-order valence-electron chi connectivity index (χ2n) is 6.90. The smallest absolute Gasteiger partial charge is 0.0907 e. The van der Waals surface area contributed by atoms with Gasteiger partial charge in [0.25, 0.3) is 0 Å². The van der Waals surface area contributed by atoms with E-state index in [0.717, 1.165) is 13.2 Å². The molecule has 1 saturated heterocycles. The van der Waals surface area contributed by atoms with Crippen LogP contribution in [0.2, 0.25) is 0 Å². The molecular formula is C20H24N2. The second-order valence-corrected chi connectivity index (χ2v) is 6.90. The molecule has 2 aliphatic rings. The van der Waals surface area contributed by atoms with E-state index in [9.17, 15) is 0 Å². The summed E-state index contributed by atoms with van der Waals surface area (Å²) in [7, 11) is 0. The van der Waals surface area contributed by atoms with Crippen LogP contribution < -0.4 is 9.80 Å². The molecule has 4 rings (SSSR count). The average Bonchev–Trinajstić information content (AvgIpc) is 2.90. The fraction of sp³-hybridized carbons (Fsp3) is 0.400. The summed E-state index contributed by atoms with van der Waals surface area (Å²) in [4.78, 5) is 5.19. The van der Waals surface area contributed by atoms with E-state index in [1.54, 1.807) is 0 Å². The van der Waals surface area contributed by atoms with E-state index in [-0.39, 0.29) is 0 Å². The zero-order valence-corrected chi connectivity index (χ0v) is 13.8. The summed E-state index contributed by atoms with van der Waals surface area (Å²) >= 11 is 0. The Bertz CT molecular complexity index is 696. The molecule has 0 saturated carbocycles. The first-order valence-electron chi connectivity index (χ1n) is 8.31.